The molecular weight excluding hydrogens is 683 g/mol. The fourth-order valence-electron chi connectivity index (χ4n) is 8.86. The number of hydrogen-bond donors (Lipinski definition) is 1. The van der Waals surface area contributed by atoms with Crippen LogP contribution in [0.4, 0.5) is 11.4 Å². The molecule has 0 saturated carbocycles. The molecule has 0 unspecified atom stereocenters. The number of aryl methyl sites for hydroxylation is 1. The Morgan fingerprint density at radius 3 is 2.36 bits per heavy atom. The number of methoxy groups -OCH3 is 1. The molecule has 0 bridgehead atoms. The van der Waals surface area contributed by atoms with Crippen molar-refractivity contribution in [2.45, 2.75) is 69.3 Å². The topological polar surface area (TPSA) is 110 Å². The zero-order chi connectivity index (χ0) is 36.9. The lowest BCUT2D eigenvalue weighted by atomic mass is 9.82. The van der Waals surface area contributed by atoms with Gasteiger partial charge in [-0.1, -0.05) is 103 Å². The fraction of sp³-hybridized carbons (Fsp3) is 0.333. The van der Waals surface area contributed by atoms with Gasteiger partial charge in [-0.05, 0) is 53.4 Å². The van der Waals surface area contributed by atoms with Crippen LogP contribution >= 0.6 is 0 Å². The minimum absolute atomic E-state index is 0.0470. The maximum absolute atomic E-state index is 15.1. The van der Waals surface area contributed by atoms with E-state index in [-0.39, 0.29) is 29.4 Å². The van der Waals surface area contributed by atoms with Crippen molar-refractivity contribution in [2.75, 3.05) is 23.5 Å². The van der Waals surface area contributed by atoms with E-state index in [1.165, 1.54) is 5.19 Å². The average molecular weight is 728 g/mol. The first-order valence-corrected chi connectivity index (χ1v) is 21.5. The molecule has 4 aromatic carbocycles. The summed E-state index contributed by atoms with van der Waals surface area (Å²) in [6.45, 7) is 8.59. The van der Waals surface area contributed by atoms with Gasteiger partial charge in [-0.2, -0.15) is 0 Å². The van der Waals surface area contributed by atoms with Crippen LogP contribution in [0.15, 0.2) is 109 Å². The third-order valence-electron chi connectivity index (χ3n) is 11.8. The standard InChI is InChI=1S/C42H45N5O5Si/c1-28-40(53(3,4)33-20-18-32(51-2)19-21-33)37(22-24-45-27-35(43-44-45)39(49)30-10-6-5-7-11-30)52-42(28)34-12-8-9-13-36(34)47(41(42)50)26-29-14-16-31(17-15-29)46-25-23-38(46)48/h5-21,27-28,37,39-40,49H,22-26H2,1-4H3/t28-,37+,39-,40-,42+/m1/s1. The number of aromatic nitrogens is 3. The summed E-state index contributed by atoms with van der Waals surface area (Å²) in [6, 6.07) is 33.8. The number of aliphatic hydroxyl groups is 1. The van der Waals surface area contributed by atoms with Crippen molar-refractivity contribution in [3.05, 3.63) is 132 Å². The van der Waals surface area contributed by atoms with Crippen molar-refractivity contribution in [1.82, 2.24) is 15.0 Å². The van der Waals surface area contributed by atoms with E-state index in [9.17, 15) is 9.90 Å². The zero-order valence-corrected chi connectivity index (χ0v) is 31.6. The molecule has 10 nitrogen and oxygen atoms in total. The van der Waals surface area contributed by atoms with Crippen molar-refractivity contribution < 1.29 is 24.2 Å². The lowest BCUT2D eigenvalue weighted by molar-refractivity contribution is -0.146. The van der Waals surface area contributed by atoms with Gasteiger partial charge in [0.05, 0.1) is 39.7 Å². The molecule has 5 atom stereocenters. The van der Waals surface area contributed by atoms with E-state index in [1.54, 1.807) is 22.9 Å². The SMILES string of the molecule is COc1ccc([Si](C)(C)[C@H]2[C@H](CCn3cc([C@H](O)c4ccccc4)nn3)O[C@@]3(C(=O)N(Cc4ccc(N5CCC5=O)cc4)c4ccccc43)[C@@H]2C)cc1. The Balaban J connectivity index is 1.11. The van der Waals surface area contributed by atoms with E-state index >= 15 is 4.79 Å². The van der Waals surface area contributed by atoms with Crippen LogP contribution in [-0.4, -0.2) is 59.7 Å². The molecule has 3 aliphatic heterocycles. The summed E-state index contributed by atoms with van der Waals surface area (Å²) >= 11 is 0. The number of para-hydroxylation sites is 1. The van der Waals surface area contributed by atoms with E-state index < -0.39 is 19.8 Å². The Kier molecular flexibility index (Phi) is 9.04. The summed E-state index contributed by atoms with van der Waals surface area (Å²) in [6.07, 6.45) is 1.86. The molecule has 3 aliphatic rings. The number of hydrogen-bond acceptors (Lipinski definition) is 7. The molecule has 0 aliphatic carbocycles. The van der Waals surface area contributed by atoms with Crippen LogP contribution in [0.3, 0.4) is 0 Å². The molecule has 272 valence electrons. The molecule has 4 heterocycles. The van der Waals surface area contributed by atoms with Crippen LogP contribution in [0.25, 0.3) is 0 Å². The number of anilines is 2. The van der Waals surface area contributed by atoms with Gasteiger partial charge in [-0.25, -0.2) is 0 Å². The lowest BCUT2D eigenvalue weighted by Crippen LogP contribution is -2.51. The summed E-state index contributed by atoms with van der Waals surface area (Å²) in [5.74, 6) is 0.757. The highest BCUT2D eigenvalue weighted by atomic mass is 28.3. The van der Waals surface area contributed by atoms with Gasteiger partial charge in [0.15, 0.2) is 5.60 Å². The fourth-order valence-corrected chi connectivity index (χ4v) is 12.9. The van der Waals surface area contributed by atoms with E-state index in [4.69, 9.17) is 9.47 Å². The van der Waals surface area contributed by atoms with Crippen LogP contribution in [-0.2, 0) is 33.0 Å². The molecule has 8 rings (SSSR count). The predicted molar refractivity (Wildman–Crippen MR) is 206 cm³/mol. The number of carbonyl (C=O) groups is 2. The molecule has 11 heteroatoms. The molecular formula is C42H45N5O5Si. The third kappa shape index (κ3) is 5.96. The Morgan fingerprint density at radius 2 is 1.68 bits per heavy atom. The second-order valence-corrected chi connectivity index (χ2v) is 19.7. The van der Waals surface area contributed by atoms with Crippen LogP contribution < -0.4 is 19.7 Å². The first kappa shape index (κ1) is 35.0. The molecule has 2 saturated heterocycles. The van der Waals surface area contributed by atoms with Gasteiger partial charge >= 0.3 is 0 Å². The average Bonchev–Trinajstić information content (AvgIpc) is 3.84. The first-order valence-electron chi connectivity index (χ1n) is 18.4. The molecule has 1 N–H and O–H groups in total. The number of nitrogens with zero attached hydrogens (tertiary/aromatic N) is 5. The van der Waals surface area contributed by atoms with Gasteiger partial charge in [0.25, 0.3) is 5.91 Å². The monoisotopic (exact) mass is 727 g/mol. The lowest BCUT2D eigenvalue weighted by Gasteiger charge is -2.37. The van der Waals surface area contributed by atoms with E-state index in [2.05, 4.69) is 48.5 Å². The highest BCUT2D eigenvalue weighted by molar-refractivity contribution is 6.91. The van der Waals surface area contributed by atoms with Gasteiger partial charge in [0, 0.05) is 36.7 Å². The number of rotatable bonds is 11. The van der Waals surface area contributed by atoms with Crippen molar-refractivity contribution in [3.63, 3.8) is 0 Å². The van der Waals surface area contributed by atoms with Gasteiger partial charge < -0.3 is 24.4 Å². The second-order valence-electron chi connectivity index (χ2n) is 15.0. The summed E-state index contributed by atoms with van der Waals surface area (Å²) in [7, 11) is -0.658. The third-order valence-corrected chi connectivity index (χ3v) is 16.1. The molecule has 1 aromatic heterocycles. The summed E-state index contributed by atoms with van der Waals surface area (Å²) in [4.78, 5) is 30.8. The molecule has 53 heavy (non-hydrogen) atoms. The van der Waals surface area contributed by atoms with Crippen LogP contribution in [0, 0.1) is 5.92 Å². The Bertz CT molecular complexity index is 2120. The van der Waals surface area contributed by atoms with Crippen molar-refractivity contribution in [2.24, 2.45) is 5.92 Å². The number of fused-ring (bicyclic) bond motifs is 2. The number of amides is 2. The van der Waals surface area contributed by atoms with Crippen LogP contribution in [0.1, 0.15) is 48.3 Å². The Labute approximate surface area is 311 Å². The number of aliphatic hydroxyl groups excluding tert-OH is 1. The summed E-state index contributed by atoms with van der Waals surface area (Å²) in [5, 5.41) is 21.0. The number of benzene rings is 4. The van der Waals surface area contributed by atoms with Gasteiger partial charge in [0.2, 0.25) is 5.91 Å². The van der Waals surface area contributed by atoms with E-state index in [0.29, 0.717) is 31.6 Å². The minimum Gasteiger partial charge on any atom is -0.497 e. The molecule has 0 radical (unpaired) electrons. The Hall–Kier alpha value is -5.10. The second kappa shape index (κ2) is 13.7. The Morgan fingerprint density at radius 1 is 0.962 bits per heavy atom. The highest BCUT2D eigenvalue weighted by Gasteiger charge is 2.66. The van der Waals surface area contributed by atoms with E-state index in [0.717, 1.165) is 40.4 Å². The first-order chi connectivity index (χ1) is 25.6. The van der Waals surface area contributed by atoms with E-state index in [1.807, 2.05) is 89.8 Å². The maximum Gasteiger partial charge on any atom is 0.264 e. The highest BCUT2D eigenvalue weighted by Crippen LogP contribution is 2.60. The quantitative estimate of drug-likeness (QED) is 0.132. The van der Waals surface area contributed by atoms with Gasteiger partial charge in [-0.15, -0.1) is 5.10 Å². The number of carbonyl (C=O) groups excluding carboxylic acids is 2. The predicted octanol–water partition coefficient (Wildman–Crippen LogP) is 5.96. The molecule has 2 fully saturated rings. The van der Waals surface area contributed by atoms with Crippen LogP contribution in [0.5, 0.6) is 5.75 Å². The number of β-lactam (4-membered cyclic amide) rings is 1. The van der Waals surface area contributed by atoms with Crippen molar-refractivity contribution in [1.29, 1.82) is 0 Å². The smallest absolute Gasteiger partial charge is 0.264 e. The number of ether oxygens (including phenoxy) is 2. The van der Waals surface area contributed by atoms with Gasteiger partial charge in [-0.3, -0.25) is 14.3 Å². The van der Waals surface area contributed by atoms with Crippen LogP contribution in [0.2, 0.25) is 18.6 Å². The molecule has 2 amide bonds. The summed E-state index contributed by atoms with van der Waals surface area (Å²) in [5.41, 5.74) is 3.78. The maximum atomic E-state index is 15.1. The largest absolute Gasteiger partial charge is 0.497 e. The van der Waals surface area contributed by atoms with Gasteiger partial charge in [0.1, 0.15) is 17.5 Å². The zero-order valence-electron chi connectivity index (χ0n) is 30.6. The van der Waals surface area contributed by atoms with Crippen molar-refractivity contribution in [3.8, 4) is 5.75 Å². The van der Waals surface area contributed by atoms with Crippen molar-refractivity contribution >= 4 is 36.4 Å². The molecule has 5 aromatic rings. The summed E-state index contributed by atoms with van der Waals surface area (Å²) < 4.78 is 14.6. The molecule has 1 spiro atoms. The normalized spacial score (nSPS) is 23.0. The minimum atomic E-state index is -2.33.